The maximum Gasteiger partial charge on any atom is 0.337 e. The van der Waals surface area contributed by atoms with E-state index in [9.17, 15) is 14.0 Å². The minimum Gasteiger partial charge on any atom is -0.478 e. The van der Waals surface area contributed by atoms with Crippen molar-refractivity contribution in [3.63, 3.8) is 0 Å². The van der Waals surface area contributed by atoms with E-state index in [-0.39, 0.29) is 22.2 Å². The van der Waals surface area contributed by atoms with Gasteiger partial charge in [-0.3, -0.25) is 4.79 Å². The Hall–Kier alpha value is -4.64. The van der Waals surface area contributed by atoms with Crippen molar-refractivity contribution in [1.29, 1.82) is 0 Å². The van der Waals surface area contributed by atoms with E-state index < -0.39 is 17.7 Å². The second-order valence-corrected chi connectivity index (χ2v) is 8.30. The molecule has 3 N–H and O–H groups in total. The van der Waals surface area contributed by atoms with Gasteiger partial charge in [0.1, 0.15) is 12.1 Å². The summed E-state index contributed by atoms with van der Waals surface area (Å²) in [5.74, 6) is -1.78. The molecule has 1 amide bonds. The van der Waals surface area contributed by atoms with Crippen molar-refractivity contribution < 1.29 is 19.1 Å². The van der Waals surface area contributed by atoms with Gasteiger partial charge in [0.2, 0.25) is 5.91 Å². The summed E-state index contributed by atoms with van der Waals surface area (Å²) in [5, 5.41) is 25.8. The Labute approximate surface area is 215 Å². The molecule has 10 nitrogen and oxygen atoms in total. The molecule has 37 heavy (non-hydrogen) atoms. The molecule has 0 saturated heterocycles. The molecule has 1 atom stereocenters. The van der Waals surface area contributed by atoms with Crippen LogP contribution in [0.3, 0.4) is 0 Å². The van der Waals surface area contributed by atoms with Crippen LogP contribution in [-0.4, -0.2) is 54.8 Å². The van der Waals surface area contributed by atoms with Crippen molar-refractivity contribution in [2.24, 2.45) is 0 Å². The third-order valence-electron chi connectivity index (χ3n) is 5.32. The van der Waals surface area contributed by atoms with Gasteiger partial charge >= 0.3 is 5.97 Å². The largest absolute Gasteiger partial charge is 0.478 e. The average molecular weight is 522 g/mol. The molecule has 0 spiro atoms. The summed E-state index contributed by atoms with van der Waals surface area (Å²) in [5.41, 5.74) is 1.43. The number of benzene rings is 2. The highest BCUT2D eigenvalue weighted by Gasteiger charge is 2.15. The topological polar surface area (TPSA) is 135 Å². The fourth-order valence-electron chi connectivity index (χ4n) is 3.52. The molecule has 0 aliphatic rings. The number of carboxylic acid groups (broad SMARTS) is 1. The number of nitrogens with one attached hydrogen (secondary N) is 2. The molecule has 0 aliphatic heterocycles. The van der Waals surface area contributed by atoms with E-state index in [0.29, 0.717) is 24.5 Å². The Kier molecular flexibility index (Phi) is 8.16. The molecule has 2 aromatic heterocycles. The number of halogens is 2. The summed E-state index contributed by atoms with van der Waals surface area (Å²) in [4.78, 5) is 28.0. The van der Waals surface area contributed by atoms with Gasteiger partial charge in [0.15, 0.2) is 5.82 Å². The number of rotatable bonds is 10. The zero-order chi connectivity index (χ0) is 26.2. The van der Waals surface area contributed by atoms with Crippen LogP contribution in [-0.2, 0) is 11.2 Å². The minimum atomic E-state index is -1.07. The second kappa shape index (κ2) is 11.9. The number of aromatic nitrogens is 5. The Morgan fingerprint density at radius 1 is 1.14 bits per heavy atom. The normalized spacial score (nSPS) is 11.8. The first-order valence-corrected chi connectivity index (χ1v) is 11.5. The van der Waals surface area contributed by atoms with E-state index in [4.69, 9.17) is 16.7 Å². The molecule has 4 rings (SSSR count). The van der Waals surface area contributed by atoms with E-state index in [1.165, 1.54) is 41.5 Å². The van der Waals surface area contributed by atoms with E-state index >= 15 is 0 Å². The Morgan fingerprint density at radius 3 is 2.62 bits per heavy atom. The van der Waals surface area contributed by atoms with Crippen LogP contribution in [0.2, 0.25) is 5.02 Å². The Bertz CT molecular complexity index is 1400. The molecule has 0 aliphatic carbocycles. The first-order valence-electron chi connectivity index (χ1n) is 11.1. The SMILES string of the molecule is O=C(/C=C/c1c(-n2cnnn2)ccc(Cl)c1F)NC(CNc1ccc(C(=O)O)cn1)Cc1ccccc1. The molecule has 0 fully saturated rings. The standard InChI is InChI=1S/C25H21ClFN7O3/c26-20-8-9-21(34-15-30-32-33-34)19(24(20)27)7-11-23(35)31-18(12-16-4-2-1-3-5-16)14-29-22-10-6-17(13-28-22)25(36)37/h1-11,13,15,18H,12,14H2,(H,28,29)(H,31,35)(H,36,37)/b11-7+. The van der Waals surface area contributed by atoms with Gasteiger partial charge in [-0.25, -0.2) is 14.2 Å². The fraction of sp³-hybridized carbons (Fsp3) is 0.120. The lowest BCUT2D eigenvalue weighted by molar-refractivity contribution is -0.117. The number of hydrogen-bond acceptors (Lipinski definition) is 7. The zero-order valence-corrected chi connectivity index (χ0v) is 20.0. The number of nitrogens with zero attached hydrogens (tertiary/aromatic N) is 5. The van der Waals surface area contributed by atoms with E-state index in [0.717, 1.165) is 5.56 Å². The maximum atomic E-state index is 14.8. The van der Waals surface area contributed by atoms with Crippen molar-refractivity contribution in [2.75, 3.05) is 11.9 Å². The number of carboxylic acids is 1. The van der Waals surface area contributed by atoms with Crippen molar-refractivity contribution in [3.8, 4) is 5.69 Å². The summed E-state index contributed by atoms with van der Waals surface area (Å²) in [6.07, 6.45) is 5.58. The molecule has 0 saturated carbocycles. The smallest absolute Gasteiger partial charge is 0.337 e. The van der Waals surface area contributed by atoms with Crippen LogP contribution >= 0.6 is 11.6 Å². The van der Waals surface area contributed by atoms with Crippen molar-refractivity contribution >= 4 is 35.4 Å². The number of carbonyl (C=O) groups excluding carboxylic acids is 1. The van der Waals surface area contributed by atoms with Gasteiger partial charge in [-0.05, 0) is 52.8 Å². The molecular weight excluding hydrogens is 501 g/mol. The van der Waals surface area contributed by atoms with Gasteiger partial charge < -0.3 is 15.7 Å². The van der Waals surface area contributed by atoms with Gasteiger partial charge in [0, 0.05) is 24.4 Å². The van der Waals surface area contributed by atoms with Crippen LogP contribution in [0.4, 0.5) is 10.2 Å². The molecule has 12 heteroatoms. The lowest BCUT2D eigenvalue weighted by Gasteiger charge is -2.19. The monoisotopic (exact) mass is 521 g/mol. The number of aromatic carboxylic acids is 1. The number of anilines is 1. The lowest BCUT2D eigenvalue weighted by atomic mass is 10.1. The van der Waals surface area contributed by atoms with Gasteiger partial charge in [-0.1, -0.05) is 41.9 Å². The van der Waals surface area contributed by atoms with Crippen molar-refractivity contribution in [3.05, 3.63) is 101 Å². The van der Waals surface area contributed by atoms with Crippen LogP contribution in [0.5, 0.6) is 0 Å². The summed E-state index contributed by atoms with van der Waals surface area (Å²) in [7, 11) is 0. The number of pyridine rings is 1. The average Bonchev–Trinajstić information content (AvgIpc) is 3.44. The Balaban J connectivity index is 1.50. The van der Waals surface area contributed by atoms with E-state index in [2.05, 4.69) is 31.1 Å². The molecule has 1 unspecified atom stereocenters. The number of amides is 1. The third kappa shape index (κ3) is 6.73. The highest BCUT2D eigenvalue weighted by Crippen LogP contribution is 2.25. The molecule has 4 aromatic rings. The summed E-state index contributed by atoms with van der Waals surface area (Å²) in [6.45, 7) is 0.301. The molecule has 188 valence electrons. The quantitative estimate of drug-likeness (QED) is 0.270. The van der Waals surface area contributed by atoms with Crippen LogP contribution in [0.25, 0.3) is 11.8 Å². The van der Waals surface area contributed by atoms with Crippen LogP contribution < -0.4 is 10.6 Å². The number of carbonyl (C=O) groups is 2. The van der Waals surface area contributed by atoms with E-state index in [1.807, 2.05) is 30.3 Å². The van der Waals surface area contributed by atoms with Crippen LogP contribution in [0, 0.1) is 5.82 Å². The predicted molar refractivity (Wildman–Crippen MR) is 135 cm³/mol. The number of hydrogen-bond donors (Lipinski definition) is 3. The van der Waals surface area contributed by atoms with Crippen LogP contribution in [0.15, 0.2) is 73.2 Å². The highest BCUT2D eigenvalue weighted by atomic mass is 35.5. The highest BCUT2D eigenvalue weighted by molar-refractivity contribution is 6.31. The van der Waals surface area contributed by atoms with Gasteiger partial charge in [0.25, 0.3) is 0 Å². The van der Waals surface area contributed by atoms with E-state index in [1.54, 1.807) is 12.1 Å². The fourth-order valence-corrected chi connectivity index (χ4v) is 3.68. The van der Waals surface area contributed by atoms with Gasteiger partial charge in [-0.15, -0.1) is 5.10 Å². The zero-order valence-electron chi connectivity index (χ0n) is 19.3. The summed E-state index contributed by atoms with van der Waals surface area (Å²) >= 11 is 5.95. The summed E-state index contributed by atoms with van der Waals surface area (Å²) in [6, 6.07) is 15.1. The maximum absolute atomic E-state index is 14.8. The molecular formula is C25H21ClFN7O3. The lowest BCUT2D eigenvalue weighted by Crippen LogP contribution is -2.40. The summed E-state index contributed by atoms with van der Waals surface area (Å²) < 4.78 is 16.1. The first kappa shape index (κ1) is 25.5. The van der Waals surface area contributed by atoms with Crippen molar-refractivity contribution in [1.82, 2.24) is 30.5 Å². The van der Waals surface area contributed by atoms with Gasteiger partial charge in [-0.2, -0.15) is 4.68 Å². The first-order chi connectivity index (χ1) is 17.9. The van der Waals surface area contributed by atoms with Crippen molar-refractivity contribution in [2.45, 2.75) is 12.5 Å². The third-order valence-corrected chi connectivity index (χ3v) is 5.61. The molecule has 2 aromatic carbocycles. The van der Waals surface area contributed by atoms with Gasteiger partial charge in [0.05, 0.1) is 22.3 Å². The minimum absolute atomic E-state index is 0.0513. The Morgan fingerprint density at radius 2 is 1.95 bits per heavy atom. The number of tetrazole rings is 1. The predicted octanol–water partition coefficient (Wildman–Crippen LogP) is 3.40. The van der Waals surface area contributed by atoms with Crippen LogP contribution in [0.1, 0.15) is 21.5 Å². The molecule has 0 bridgehead atoms. The second-order valence-electron chi connectivity index (χ2n) is 7.90. The molecule has 2 heterocycles. The molecule has 0 radical (unpaired) electrons.